The Hall–Kier alpha value is -2.70. The van der Waals surface area contributed by atoms with Gasteiger partial charge in [-0.3, -0.25) is 4.79 Å². The predicted molar refractivity (Wildman–Crippen MR) is 119 cm³/mol. The lowest BCUT2D eigenvalue weighted by Gasteiger charge is -2.23. The van der Waals surface area contributed by atoms with Gasteiger partial charge >= 0.3 is 5.97 Å². The van der Waals surface area contributed by atoms with Crippen LogP contribution in [0.3, 0.4) is 0 Å². The van der Waals surface area contributed by atoms with Gasteiger partial charge in [0.2, 0.25) is 0 Å². The predicted octanol–water partition coefficient (Wildman–Crippen LogP) is 2.30. The summed E-state index contributed by atoms with van der Waals surface area (Å²) in [5.41, 5.74) is 2.67. The number of esters is 1. The molecule has 166 valence electrons. The van der Waals surface area contributed by atoms with Crippen molar-refractivity contribution >= 4 is 11.9 Å². The molecule has 1 aliphatic heterocycles. The molecule has 0 spiro atoms. The molecule has 2 aromatic rings. The Labute approximate surface area is 184 Å². The number of rotatable bonds is 9. The molecule has 2 N–H and O–H groups in total. The molecular weight excluding hydrogens is 392 g/mol. The van der Waals surface area contributed by atoms with Crippen molar-refractivity contribution in [2.45, 2.75) is 45.4 Å². The molecule has 0 radical (unpaired) electrons. The fourth-order valence-corrected chi connectivity index (χ4v) is 3.75. The molecule has 1 fully saturated rings. The molecule has 31 heavy (non-hydrogen) atoms. The maximum absolute atomic E-state index is 12.6. The monoisotopic (exact) mass is 425 g/mol. The molecule has 1 saturated heterocycles. The number of benzene rings is 2. The average Bonchev–Trinajstić information content (AvgIpc) is 2.80. The van der Waals surface area contributed by atoms with E-state index in [0.717, 1.165) is 51.3 Å². The van der Waals surface area contributed by atoms with Crippen molar-refractivity contribution in [3.63, 3.8) is 0 Å². The molecule has 0 aliphatic carbocycles. The van der Waals surface area contributed by atoms with Gasteiger partial charge in [-0.2, -0.15) is 0 Å². The quantitative estimate of drug-likeness (QED) is 0.605. The first-order chi connectivity index (χ1) is 15.1. The second kappa shape index (κ2) is 11.6. The van der Waals surface area contributed by atoms with E-state index in [1.807, 2.05) is 42.5 Å². The number of morpholine rings is 1. The highest BCUT2D eigenvalue weighted by Crippen LogP contribution is 2.18. The van der Waals surface area contributed by atoms with Gasteiger partial charge in [-0.05, 0) is 31.0 Å². The van der Waals surface area contributed by atoms with Crippen LogP contribution >= 0.6 is 0 Å². The molecule has 0 bridgehead atoms. The molecule has 3 rings (SSSR count). The second-order valence-electron chi connectivity index (χ2n) is 8.04. The third kappa shape index (κ3) is 6.91. The summed E-state index contributed by atoms with van der Waals surface area (Å²) in [7, 11) is 0. The van der Waals surface area contributed by atoms with Gasteiger partial charge < -0.3 is 19.7 Å². The number of carbonyl (C=O) groups is 2. The van der Waals surface area contributed by atoms with Crippen molar-refractivity contribution in [2.75, 3.05) is 26.3 Å². The first-order valence-electron chi connectivity index (χ1n) is 11.1. The molecule has 6 nitrogen and oxygen atoms in total. The Balaban J connectivity index is 1.53. The van der Waals surface area contributed by atoms with Crippen molar-refractivity contribution < 1.29 is 24.0 Å². The second-order valence-corrected chi connectivity index (χ2v) is 8.04. The van der Waals surface area contributed by atoms with Gasteiger partial charge in [0.05, 0.1) is 24.8 Å². The van der Waals surface area contributed by atoms with Crippen LogP contribution < -0.4 is 10.2 Å². The van der Waals surface area contributed by atoms with Gasteiger partial charge in [-0.15, -0.1) is 0 Å². The molecule has 0 aromatic heterocycles. The lowest BCUT2D eigenvalue weighted by molar-refractivity contribution is -0.921. The lowest BCUT2D eigenvalue weighted by atomic mass is 10.0. The minimum atomic E-state index is -0.868. The minimum Gasteiger partial charge on any atom is -0.449 e. The van der Waals surface area contributed by atoms with Gasteiger partial charge in [-0.1, -0.05) is 55.8 Å². The summed E-state index contributed by atoms with van der Waals surface area (Å²) < 4.78 is 10.8. The summed E-state index contributed by atoms with van der Waals surface area (Å²) in [6.45, 7) is 8.19. The van der Waals surface area contributed by atoms with Crippen molar-refractivity contribution in [1.82, 2.24) is 5.32 Å². The standard InChI is InChI=1S/C25H32N2O4/c1-3-7-23(21-8-5-4-6-9-21)26-24(28)19(2)31-25(29)22-12-10-20(11-13-22)18-27-14-16-30-17-15-27/h4-6,8-13,19,23H,3,7,14-18H2,1-2H3,(H,26,28)/p+1/t19-,23+/m0/s1. The molecule has 0 unspecified atom stereocenters. The first kappa shape index (κ1) is 23.0. The largest absolute Gasteiger partial charge is 0.449 e. The normalized spacial score (nSPS) is 16.3. The van der Waals surface area contributed by atoms with E-state index in [1.54, 1.807) is 19.1 Å². The van der Waals surface area contributed by atoms with E-state index in [4.69, 9.17) is 9.47 Å². The topological polar surface area (TPSA) is 69.1 Å². The summed E-state index contributed by atoms with van der Waals surface area (Å²) in [6, 6.07) is 17.2. The van der Waals surface area contributed by atoms with Crippen LogP contribution in [0.4, 0.5) is 0 Å². The highest BCUT2D eigenvalue weighted by Gasteiger charge is 2.22. The Morgan fingerprint density at radius 2 is 1.74 bits per heavy atom. The SMILES string of the molecule is CCC[C@@H](NC(=O)[C@H](C)OC(=O)c1ccc(C[NH+]2CCOCC2)cc1)c1ccccc1. The fraction of sp³-hybridized carbons (Fsp3) is 0.440. The van der Waals surface area contributed by atoms with Crippen molar-refractivity contribution in [3.8, 4) is 0 Å². The number of amides is 1. The number of hydrogen-bond acceptors (Lipinski definition) is 4. The number of carbonyl (C=O) groups excluding carboxylic acids is 2. The number of quaternary nitrogens is 1. The highest BCUT2D eigenvalue weighted by molar-refractivity contribution is 5.92. The van der Waals surface area contributed by atoms with Crippen molar-refractivity contribution in [2.24, 2.45) is 0 Å². The Kier molecular flexibility index (Phi) is 8.62. The zero-order valence-corrected chi connectivity index (χ0v) is 18.4. The number of ether oxygens (including phenoxy) is 2. The van der Waals surface area contributed by atoms with E-state index in [1.165, 1.54) is 10.5 Å². The summed E-state index contributed by atoms with van der Waals surface area (Å²) in [5, 5.41) is 3.02. The third-order valence-corrected chi connectivity index (χ3v) is 5.59. The first-order valence-corrected chi connectivity index (χ1v) is 11.1. The van der Waals surface area contributed by atoms with Crippen LogP contribution in [0.5, 0.6) is 0 Å². The molecule has 2 atom stereocenters. The average molecular weight is 426 g/mol. The summed E-state index contributed by atoms with van der Waals surface area (Å²) in [6.07, 6.45) is 0.892. The summed E-state index contributed by atoms with van der Waals surface area (Å²) >= 11 is 0. The Morgan fingerprint density at radius 3 is 2.39 bits per heavy atom. The minimum absolute atomic E-state index is 0.0955. The smallest absolute Gasteiger partial charge is 0.338 e. The van der Waals surface area contributed by atoms with Crippen LogP contribution in [0.15, 0.2) is 54.6 Å². The molecule has 0 saturated carbocycles. The van der Waals surface area contributed by atoms with E-state index in [-0.39, 0.29) is 11.9 Å². The van der Waals surface area contributed by atoms with Crippen molar-refractivity contribution in [3.05, 3.63) is 71.3 Å². The van der Waals surface area contributed by atoms with Gasteiger partial charge in [0, 0.05) is 5.56 Å². The van der Waals surface area contributed by atoms with Crippen LogP contribution in [0, 0.1) is 0 Å². The third-order valence-electron chi connectivity index (χ3n) is 5.59. The molecule has 1 amide bonds. The zero-order chi connectivity index (χ0) is 22.1. The fourth-order valence-electron chi connectivity index (χ4n) is 3.75. The number of nitrogens with one attached hydrogen (secondary N) is 2. The van der Waals surface area contributed by atoms with Gasteiger partial charge in [-0.25, -0.2) is 4.79 Å². The Morgan fingerprint density at radius 1 is 1.06 bits per heavy atom. The molecular formula is C25H33N2O4+. The van der Waals surface area contributed by atoms with Crippen LogP contribution in [-0.4, -0.2) is 44.3 Å². The van der Waals surface area contributed by atoms with E-state index in [9.17, 15) is 9.59 Å². The van der Waals surface area contributed by atoms with Gasteiger partial charge in [0.25, 0.3) is 5.91 Å². The van der Waals surface area contributed by atoms with Crippen LogP contribution in [0.2, 0.25) is 0 Å². The lowest BCUT2D eigenvalue weighted by Crippen LogP contribution is -3.12. The van der Waals surface area contributed by atoms with E-state index in [2.05, 4.69) is 12.2 Å². The summed E-state index contributed by atoms with van der Waals surface area (Å²) in [5.74, 6) is -0.775. The van der Waals surface area contributed by atoms with Crippen LogP contribution in [0.1, 0.15) is 54.2 Å². The zero-order valence-electron chi connectivity index (χ0n) is 18.4. The van der Waals surface area contributed by atoms with E-state index < -0.39 is 12.1 Å². The Bertz CT molecular complexity index is 832. The number of hydrogen-bond donors (Lipinski definition) is 2. The maximum Gasteiger partial charge on any atom is 0.338 e. The molecule has 1 aliphatic rings. The van der Waals surface area contributed by atoms with Gasteiger partial charge in [0.15, 0.2) is 6.10 Å². The van der Waals surface area contributed by atoms with E-state index >= 15 is 0 Å². The molecule has 6 heteroatoms. The highest BCUT2D eigenvalue weighted by atomic mass is 16.5. The van der Waals surface area contributed by atoms with Crippen LogP contribution in [-0.2, 0) is 20.8 Å². The summed E-state index contributed by atoms with van der Waals surface area (Å²) in [4.78, 5) is 26.6. The van der Waals surface area contributed by atoms with Crippen molar-refractivity contribution in [1.29, 1.82) is 0 Å². The maximum atomic E-state index is 12.6. The van der Waals surface area contributed by atoms with Gasteiger partial charge in [0.1, 0.15) is 19.6 Å². The van der Waals surface area contributed by atoms with Crippen LogP contribution in [0.25, 0.3) is 0 Å². The molecule has 1 heterocycles. The van der Waals surface area contributed by atoms with E-state index in [0.29, 0.717) is 5.56 Å². The molecule has 2 aromatic carbocycles.